The van der Waals surface area contributed by atoms with Crippen molar-refractivity contribution in [3.8, 4) is 11.3 Å². The second-order valence-corrected chi connectivity index (χ2v) is 8.06. The van der Waals surface area contributed by atoms with Crippen LogP contribution in [0.1, 0.15) is 5.69 Å². The third kappa shape index (κ3) is 3.67. The number of nitrogens with zero attached hydrogens (tertiary/aromatic N) is 1. The van der Waals surface area contributed by atoms with E-state index in [1.54, 1.807) is 18.2 Å². The van der Waals surface area contributed by atoms with Gasteiger partial charge in [0.15, 0.2) is 4.90 Å². The first-order chi connectivity index (χ1) is 13.8. The Hall–Kier alpha value is -3.72. The number of H-pyrrole nitrogens is 2. The van der Waals surface area contributed by atoms with Gasteiger partial charge in [-0.1, -0.05) is 36.4 Å². The number of fused-ring (bicyclic) bond motifs is 1. The van der Waals surface area contributed by atoms with Gasteiger partial charge in [0.05, 0.1) is 11.2 Å². The molecule has 0 saturated carbocycles. The highest BCUT2D eigenvalue weighted by Crippen LogP contribution is 2.24. The molecule has 4 aromatic rings. The Kier molecular flexibility index (Phi) is 4.51. The Labute approximate surface area is 165 Å². The number of hydrogen-bond acceptors (Lipinski definition) is 5. The van der Waals surface area contributed by atoms with Crippen molar-refractivity contribution in [2.24, 2.45) is 0 Å². The molecular weight excluding hydrogens is 392 g/mol. The van der Waals surface area contributed by atoms with E-state index in [2.05, 4.69) is 14.7 Å². The van der Waals surface area contributed by atoms with Crippen LogP contribution in [0.15, 0.2) is 75.1 Å². The number of pyridine rings is 1. The molecule has 0 radical (unpaired) electrons. The third-order valence-electron chi connectivity index (χ3n) is 4.35. The van der Waals surface area contributed by atoms with Crippen molar-refractivity contribution in [2.45, 2.75) is 11.8 Å². The van der Waals surface area contributed by atoms with Crippen molar-refractivity contribution in [2.75, 3.05) is 4.72 Å². The maximum atomic E-state index is 12.7. The minimum Gasteiger partial charge on any atom is -0.310 e. The number of hydrogen-bond donors (Lipinski definition) is 3. The lowest BCUT2D eigenvalue weighted by atomic mass is 10.1. The second-order valence-electron chi connectivity index (χ2n) is 6.44. The number of sulfonamides is 1. The van der Waals surface area contributed by atoms with Crippen molar-refractivity contribution < 1.29 is 8.42 Å². The molecule has 2 aromatic carbocycles. The maximum absolute atomic E-state index is 12.7. The molecular formula is C20H16N4O4S. The van der Waals surface area contributed by atoms with Crippen LogP contribution in [-0.4, -0.2) is 23.4 Å². The summed E-state index contributed by atoms with van der Waals surface area (Å²) in [5.74, 6) is 0. The van der Waals surface area contributed by atoms with Gasteiger partial charge in [0, 0.05) is 22.3 Å². The Morgan fingerprint density at radius 2 is 1.72 bits per heavy atom. The van der Waals surface area contributed by atoms with E-state index in [9.17, 15) is 18.0 Å². The summed E-state index contributed by atoms with van der Waals surface area (Å²) in [5.41, 5.74) is 0.695. The number of aromatic nitrogens is 3. The Morgan fingerprint density at radius 3 is 2.52 bits per heavy atom. The van der Waals surface area contributed by atoms with Crippen molar-refractivity contribution >= 4 is 26.6 Å². The van der Waals surface area contributed by atoms with Crippen molar-refractivity contribution in [3.63, 3.8) is 0 Å². The van der Waals surface area contributed by atoms with Crippen LogP contribution in [0.2, 0.25) is 0 Å². The summed E-state index contributed by atoms with van der Waals surface area (Å²) in [7, 11) is -4.21. The van der Waals surface area contributed by atoms with Crippen LogP contribution in [0.4, 0.5) is 5.69 Å². The van der Waals surface area contributed by atoms with Gasteiger partial charge in [0.25, 0.3) is 15.6 Å². The SMILES string of the molecule is Cc1[nH]c(=O)[nH]c(=O)c1S(=O)(=O)Nc1cccc(-c2ccc3ccccc3n2)c1. The van der Waals surface area contributed by atoms with Crippen LogP contribution in [0.3, 0.4) is 0 Å². The molecule has 3 N–H and O–H groups in total. The predicted molar refractivity (Wildman–Crippen MR) is 110 cm³/mol. The van der Waals surface area contributed by atoms with Crippen molar-refractivity contribution in [1.82, 2.24) is 15.0 Å². The average molecular weight is 408 g/mol. The minimum atomic E-state index is -4.21. The standard InChI is InChI=1S/C20H16N4O4S/c1-12-18(19(25)23-20(26)21-12)29(27,28)24-15-7-4-6-14(11-15)17-10-9-13-5-2-3-8-16(13)22-17/h2-11,24H,1H3,(H2,21,23,25,26). The van der Waals surface area contributed by atoms with Crippen LogP contribution < -0.4 is 16.0 Å². The Bertz CT molecular complexity index is 1460. The van der Waals surface area contributed by atoms with Gasteiger partial charge in [0.1, 0.15) is 0 Å². The molecule has 0 unspecified atom stereocenters. The van der Waals surface area contributed by atoms with E-state index in [-0.39, 0.29) is 11.4 Å². The summed E-state index contributed by atoms with van der Waals surface area (Å²) in [5, 5.41) is 1.00. The van der Waals surface area contributed by atoms with Crippen LogP contribution >= 0.6 is 0 Å². The summed E-state index contributed by atoms with van der Waals surface area (Å²) in [6, 6.07) is 18.2. The average Bonchev–Trinajstić information content (AvgIpc) is 2.66. The van der Waals surface area contributed by atoms with Crippen molar-refractivity contribution in [3.05, 3.63) is 87.2 Å². The topological polar surface area (TPSA) is 125 Å². The van der Waals surface area contributed by atoms with Gasteiger partial charge in [-0.3, -0.25) is 14.5 Å². The molecule has 0 aliphatic heterocycles. The molecule has 2 heterocycles. The third-order valence-corrected chi connectivity index (χ3v) is 5.89. The van der Waals surface area contributed by atoms with Crippen LogP contribution in [0, 0.1) is 6.92 Å². The van der Waals surface area contributed by atoms with E-state index in [1.165, 1.54) is 6.92 Å². The van der Waals surface area contributed by atoms with E-state index in [1.807, 2.05) is 47.4 Å². The normalized spacial score (nSPS) is 11.5. The molecule has 0 atom stereocenters. The number of nitrogens with one attached hydrogen (secondary N) is 3. The first-order valence-corrected chi connectivity index (χ1v) is 10.1. The van der Waals surface area contributed by atoms with Gasteiger partial charge in [-0.05, 0) is 31.2 Å². The molecule has 0 saturated heterocycles. The van der Waals surface area contributed by atoms with E-state index in [4.69, 9.17) is 0 Å². The summed E-state index contributed by atoms with van der Waals surface area (Å²) in [6.07, 6.45) is 0. The number of aryl methyl sites for hydroxylation is 1. The molecule has 0 aliphatic carbocycles. The van der Waals surface area contributed by atoms with E-state index >= 15 is 0 Å². The molecule has 146 valence electrons. The molecule has 0 amide bonds. The Morgan fingerprint density at radius 1 is 0.931 bits per heavy atom. The number of aromatic amines is 2. The molecule has 4 rings (SSSR count). The van der Waals surface area contributed by atoms with Gasteiger partial charge < -0.3 is 4.98 Å². The highest BCUT2D eigenvalue weighted by atomic mass is 32.2. The maximum Gasteiger partial charge on any atom is 0.325 e. The summed E-state index contributed by atoms with van der Waals surface area (Å²) in [4.78, 5) is 31.6. The van der Waals surface area contributed by atoms with Crippen LogP contribution in [0.25, 0.3) is 22.2 Å². The van der Waals surface area contributed by atoms with E-state index < -0.39 is 26.2 Å². The first kappa shape index (κ1) is 18.6. The lowest BCUT2D eigenvalue weighted by Gasteiger charge is -2.10. The molecule has 0 spiro atoms. The van der Waals surface area contributed by atoms with Gasteiger partial charge in [-0.15, -0.1) is 0 Å². The fourth-order valence-electron chi connectivity index (χ4n) is 3.09. The number of para-hydroxylation sites is 1. The summed E-state index contributed by atoms with van der Waals surface area (Å²) >= 11 is 0. The molecule has 0 aliphatic rings. The fraction of sp³-hybridized carbons (Fsp3) is 0.0500. The highest BCUT2D eigenvalue weighted by Gasteiger charge is 2.22. The molecule has 29 heavy (non-hydrogen) atoms. The molecule has 9 heteroatoms. The van der Waals surface area contributed by atoms with Crippen LogP contribution in [0.5, 0.6) is 0 Å². The first-order valence-electron chi connectivity index (χ1n) is 8.66. The predicted octanol–water partition coefficient (Wildman–Crippen LogP) is 2.39. The summed E-state index contributed by atoms with van der Waals surface area (Å²) < 4.78 is 27.8. The largest absolute Gasteiger partial charge is 0.325 e. The van der Waals surface area contributed by atoms with Gasteiger partial charge in [-0.2, -0.15) is 0 Å². The van der Waals surface area contributed by atoms with Crippen molar-refractivity contribution in [1.29, 1.82) is 0 Å². The lowest BCUT2D eigenvalue weighted by molar-refractivity contribution is 0.598. The fourth-order valence-corrected chi connectivity index (χ4v) is 4.38. The second kappa shape index (κ2) is 7.02. The van der Waals surface area contributed by atoms with E-state index in [0.29, 0.717) is 11.3 Å². The molecule has 8 nitrogen and oxygen atoms in total. The minimum absolute atomic E-state index is 0.0430. The smallest absolute Gasteiger partial charge is 0.310 e. The Balaban J connectivity index is 1.72. The zero-order valence-corrected chi connectivity index (χ0v) is 16.1. The quantitative estimate of drug-likeness (QED) is 0.478. The lowest BCUT2D eigenvalue weighted by Crippen LogP contribution is -2.31. The van der Waals surface area contributed by atoms with Gasteiger partial charge >= 0.3 is 5.69 Å². The monoisotopic (exact) mass is 408 g/mol. The van der Waals surface area contributed by atoms with Gasteiger partial charge in [-0.25, -0.2) is 18.2 Å². The highest BCUT2D eigenvalue weighted by molar-refractivity contribution is 7.92. The van der Waals surface area contributed by atoms with Gasteiger partial charge in [0.2, 0.25) is 0 Å². The summed E-state index contributed by atoms with van der Waals surface area (Å²) in [6.45, 7) is 1.35. The molecule has 0 bridgehead atoms. The van der Waals surface area contributed by atoms with Crippen LogP contribution in [-0.2, 0) is 10.0 Å². The zero-order valence-electron chi connectivity index (χ0n) is 15.3. The zero-order chi connectivity index (χ0) is 20.6. The molecule has 0 fully saturated rings. The number of anilines is 1. The molecule has 2 aromatic heterocycles. The number of rotatable bonds is 4. The number of benzene rings is 2. The van der Waals surface area contributed by atoms with E-state index in [0.717, 1.165) is 10.9 Å².